The number of rotatable bonds is 9. The van der Waals surface area contributed by atoms with Crippen LogP contribution in [0.25, 0.3) is 0 Å². The lowest BCUT2D eigenvalue weighted by Gasteiger charge is -2.17. The van der Waals surface area contributed by atoms with E-state index >= 15 is 0 Å². The number of nitrogens with zero attached hydrogens (tertiary/aromatic N) is 2. The van der Waals surface area contributed by atoms with Gasteiger partial charge in [0, 0.05) is 25.6 Å². The van der Waals surface area contributed by atoms with Gasteiger partial charge in [-0.3, -0.25) is 4.68 Å². The largest absolute Gasteiger partial charge is 0.380 e. The van der Waals surface area contributed by atoms with Gasteiger partial charge in [0.2, 0.25) is 0 Å². The lowest BCUT2D eigenvalue weighted by atomic mass is 10.1. The summed E-state index contributed by atoms with van der Waals surface area (Å²) in [5.41, 5.74) is 2.40. The summed E-state index contributed by atoms with van der Waals surface area (Å²) in [4.78, 5) is 0. The van der Waals surface area contributed by atoms with Crippen molar-refractivity contribution in [2.75, 3.05) is 20.3 Å². The normalized spacial score (nSPS) is 12.9. The van der Waals surface area contributed by atoms with E-state index in [0.717, 1.165) is 49.2 Å². The summed E-state index contributed by atoms with van der Waals surface area (Å²) < 4.78 is 8.90. The first kappa shape index (κ1) is 16.7. The zero-order chi connectivity index (χ0) is 14.3. The molecule has 0 aromatic carbocycles. The Morgan fingerprint density at radius 2 is 2.11 bits per heavy atom. The lowest BCUT2D eigenvalue weighted by Crippen LogP contribution is -2.33. The number of aromatic nitrogens is 2. The third-order valence-corrected chi connectivity index (χ3v) is 4.13. The highest BCUT2D eigenvalue weighted by atomic mass is 79.9. The van der Waals surface area contributed by atoms with E-state index in [4.69, 9.17) is 4.74 Å². The molecule has 0 amide bonds. The van der Waals surface area contributed by atoms with E-state index in [-0.39, 0.29) is 0 Å². The van der Waals surface area contributed by atoms with Crippen LogP contribution in [0.3, 0.4) is 0 Å². The average molecular weight is 332 g/mol. The van der Waals surface area contributed by atoms with Crippen LogP contribution in [0.4, 0.5) is 0 Å². The molecule has 110 valence electrons. The molecule has 1 unspecified atom stereocenters. The lowest BCUT2D eigenvalue weighted by molar-refractivity contribution is 0.113. The van der Waals surface area contributed by atoms with Gasteiger partial charge in [0.05, 0.1) is 22.5 Å². The summed E-state index contributed by atoms with van der Waals surface area (Å²) in [6, 6.07) is 0.328. The second kappa shape index (κ2) is 8.72. The quantitative estimate of drug-likeness (QED) is 0.707. The number of hydrogen-bond donors (Lipinski definition) is 1. The number of halogens is 1. The van der Waals surface area contributed by atoms with Crippen molar-refractivity contribution in [2.24, 2.45) is 0 Å². The number of aryl methyl sites for hydroxylation is 2. The molecule has 0 saturated carbocycles. The zero-order valence-corrected chi connectivity index (χ0v) is 14.1. The molecule has 0 aliphatic rings. The van der Waals surface area contributed by atoms with Crippen molar-refractivity contribution in [1.82, 2.24) is 15.1 Å². The van der Waals surface area contributed by atoms with Gasteiger partial charge in [-0.25, -0.2) is 0 Å². The second-order valence-corrected chi connectivity index (χ2v) is 5.43. The molecule has 19 heavy (non-hydrogen) atoms. The van der Waals surface area contributed by atoms with E-state index in [1.54, 1.807) is 0 Å². The van der Waals surface area contributed by atoms with Crippen molar-refractivity contribution in [3.63, 3.8) is 0 Å². The van der Waals surface area contributed by atoms with Crippen LogP contribution in [0, 0.1) is 0 Å². The molecule has 1 rings (SSSR count). The minimum absolute atomic E-state index is 0.328. The molecule has 1 aromatic heterocycles. The molecule has 0 radical (unpaired) electrons. The maximum absolute atomic E-state index is 5.65. The van der Waals surface area contributed by atoms with E-state index < -0.39 is 0 Å². The molecule has 5 heteroatoms. The van der Waals surface area contributed by atoms with Crippen molar-refractivity contribution >= 4 is 15.9 Å². The van der Waals surface area contributed by atoms with Crippen molar-refractivity contribution in [2.45, 2.75) is 52.6 Å². The Morgan fingerprint density at radius 1 is 1.37 bits per heavy atom. The van der Waals surface area contributed by atoms with Gasteiger partial charge < -0.3 is 10.1 Å². The molecule has 0 fully saturated rings. The Balaban J connectivity index is 2.75. The number of ether oxygens (including phenoxy) is 1. The molecule has 1 heterocycles. The van der Waals surface area contributed by atoms with Gasteiger partial charge in [-0.1, -0.05) is 13.8 Å². The summed E-state index contributed by atoms with van der Waals surface area (Å²) in [5, 5.41) is 7.96. The van der Waals surface area contributed by atoms with Crippen molar-refractivity contribution in [3.05, 3.63) is 15.9 Å². The van der Waals surface area contributed by atoms with E-state index in [9.17, 15) is 0 Å². The van der Waals surface area contributed by atoms with Crippen LogP contribution in [0.1, 0.15) is 38.6 Å². The molecular weight excluding hydrogens is 306 g/mol. The molecule has 1 N–H and O–H groups in total. The highest BCUT2D eigenvalue weighted by Crippen LogP contribution is 2.23. The van der Waals surface area contributed by atoms with Crippen LogP contribution in [0.2, 0.25) is 0 Å². The SMILES string of the molecule is CCCOCC(Cc1c(Br)c(CC)nn1CC)NC. The Labute approximate surface area is 125 Å². The number of nitrogens with one attached hydrogen (secondary N) is 1. The Morgan fingerprint density at radius 3 is 2.63 bits per heavy atom. The van der Waals surface area contributed by atoms with Crippen molar-refractivity contribution in [3.8, 4) is 0 Å². The first-order valence-electron chi connectivity index (χ1n) is 7.16. The molecule has 1 aromatic rings. The summed E-state index contributed by atoms with van der Waals surface area (Å²) in [7, 11) is 1.99. The number of hydrogen-bond acceptors (Lipinski definition) is 3. The van der Waals surface area contributed by atoms with Gasteiger partial charge >= 0.3 is 0 Å². The van der Waals surface area contributed by atoms with Gasteiger partial charge in [-0.2, -0.15) is 5.10 Å². The Bertz CT molecular complexity index is 379. The van der Waals surface area contributed by atoms with Crippen LogP contribution >= 0.6 is 15.9 Å². The molecule has 0 saturated heterocycles. The minimum atomic E-state index is 0.328. The van der Waals surface area contributed by atoms with Crippen molar-refractivity contribution in [1.29, 1.82) is 0 Å². The van der Waals surface area contributed by atoms with Gasteiger partial charge in [-0.15, -0.1) is 0 Å². The van der Waals surface area contributed by atoms with Crippen LogP contribution in [0.15, 0.2) is 4.47 Å². The molecular formula is C14H26BrN3O. The van der Waals surface area contributed by atoms with Crippen LogP contribution in [-0.4, -0.2) is 36.1 Å². The fourth-order valence-corrected chi connectivity index (χ4v) is 2.79. The highest BCUT2D eigenvalue weighted by Gasteiger charge is 2.17. The number of likely N-dealkylation sites (N-methyl/N-ethyl adjacent to an activating group) is 1. The second-order valence-electron chi connectivity index (χ2n) is 4.64. The summed E-state index contributed by atoms with van der Waals surface area (Å²) >= 11 is 3.69. The monoisotopic (exact) mass is 331 g/mol. The van der Waals surface area contributed by atoms with Gasteiger partial charge in [0.25, 0.3) is 0 Å². The predicted molar refractivity (Wildman–Crippen MR) is 82.6 cm³/mol. The van der Waals surface area contributed by atoms with Gasteiger partial charge in [0.15, 0.2) is 0 Å². The smallest absolute Gasteiger partial charge is 0.0766 e. The summed E-state index contributed by atoms with van der Waals surface area (Å²) in [6.45, 7) is 8.87. The van der Waals surface area contributed by atoms with E-state index in [1.165, 1.54) is 5.69 Å². The Hall–Kier alpha value is -0.390. The third kappa shape index (κ3) is 4.58. The predicted octanol–water partition coefficient (Wildman–Crippen LogP) is 2.79. The first-order valence-corrected chi connectivity index (χ1v) is 7.96. The van der Waals surface area contributed by atoms with Gasteiger partial charge in [-0.05, 0) is 42.7 Å². The standard InChI is InChI=1S/C14H26BrN3O/c1-5-8-19-10-11(16-4)9-13-14(15)12(6-2)17-18(13)7-3/h11,16H,5-10H2,1-4H3. The molecule has 4 nitrogen and oxygen atoms in total. The molecule has 0 bridgehead atoms. The molecule has 0 aliphatic heterocycles. The third-order valence-electron chi connectivity index (χ3n) is 3.21. The average Bonchev–Trinajstić information content (AvgIpc) is 2.74. The fraction of sp³-hybridized carbons (Fsp3) is 0.786. The molecule has 1 atom stereocenters. The van der Waals surface area contributed by atoms with Crippen LogP contribution in [-0.2, 0) is 24.1 Å². The van der Waals surface area contributed by atoms with E-state index in [1.807, 2.05) is 7.05 Å². The maximum atomic E-state index is 5.65. The van der Waals surface area contributed by atoms with Crippen LogP contribution in [0.5, 0.6) is 0 Å². The van der Waals surface area contributed by atoms with Gasteiger partial charge in [0.1, 0.15) is 0 Å². The summed E-state index contributed by atoms with van der Waals surface area (Å²) in [5.74, 6) is 0. The maximum Gasteiger partial charge on any atom is 0.0766 e. The summed E-state index contributed by atoms with van der Waals surface area (Å²) in [6.07, 6.45) is 2.95. The fourth-order valence-electron chi connectivity index (χ4n) is 2.06. The van der Waals surface area contributed by atoms with E-state index in [0.29, 0.717) is 6.04 Å². The molecule has 0 aliphatic carbocycles. The van der Waals surface area contributed by atoms with Crippen molar-refractivity contribution < 1.29 is 4.74 Å². The minimum Gasteiger partial charge on any atom is -0.380 e. The van der Waals surface area contributed by atoms with Crippen LogP contribution < -0.4 is 5.32 Å². The first-order chi connectivity index (χ1) is 9.17. The molecule has 0 spiro atoms. The Kier molecular flexibility index (Phi) is 7.64. The zero-order valence-electron chi connectivity index (χ0n) is 12.5. The topological polar surface area (TPSA) is 39.1 Å². The van der Waals surface area contributed by atoms with E-state index in [2.05, 4.69) is 51.8 Å². The highest BCUT2D eigenvalue weighted by molar-refractivity contribution is 9.10.